The van der Waals surface area contributed by atoms with Crippen LogP contribution in [0.25, 0.3) is 0 Å². The molecule has 11 heteroatoms. The lowest BCUT2D eigenvalue weighted by Crippen LogP contribution is -2.39. The number of hydrogen-bond acceptors (Lipinski definition) is 11. The van der Waals surface area contributed by atoms with Crippen molar-refractivity contribution in [2.24, 2.45) is 0 Å². The third-order valence-electron chi connectivity index (χ3n) is 3.61. The maximum Gasteiger partial charge on any atom is 0.356 e. The lowest BCUT2D eigenvalue weighted by atomic mass is 10.1. The van der Waals surface area contributed by atoms with Crippen LogP contribution in [0.5, 0.6) is 5.88 Å². The van der Waals surface area contributed by atoms with Crippen LogP contribution in [-0.2, 0) is 19.2 Å². The number of anilines is 1. The molecule has 28 heavy (non-hydrogen) atoms. The van der Waals surface area contributed by atoms with E-state index in [0.717, 1.165) is 11.7 Å². The van der Waals surface area contributed by atoms with Crippen molar-refractivity contribution in [3.05, 3.63) is 11.3 Å². The number of hydroxylamine groups is 1. The van der Waals surface area contributed by atoms with E-state index >= 15 is 0 Å². The largest absolute Gasteiger partial charge is 0.542 e. The molecule has 156 valence electrons. The first-order valence-corrected chi connectivity index (χ1v) is 9.72. The van der Waals surface area contributed by atoms with Gasteiger partial charge in [0.25, 0.3) is 5.88 Å². The van der Waals surface area contributed by atoms with Crippen LogP contribution in [0.2, 0.25) is 0 Å². The highest BCUT2D eigenvalue weighted by atomic mass is 32.1. The summed E-state index contributed by atoms with van der Waals surface area (Å²) in [5.74, 6) is -2.67. The molecule has 1 aliphatic heterocycles. The number of carboxylic acids is 1. The van der Waals surface area contributed by atoms with Gasteiger partial charge in [0.1, 0.15) is 5.97 Å². The Kier molecular flexibility index (Phi) is 7.72. The Morgan fingerprint density at radius 2 is 1.96 bits per heavy atom. The third-order valence-corrected chi connectivity index (χ3v) is 4.11. The van der Waals surface area contributed by atoms with Gasteiger partial charge in [-0.05, 0) is 27.2 Å². The number of carbonyl (C=O) groups is 2. The molecule has 0 amide bonds. The summed E-state index contributed by atoms with van der Waals surface area (Å²) in [4.78, 5) is 31.1. The van der Waals surface area contributed by atoms with Gasteiger partial charge in [-0.1, -0.05) is 13.3 Å². The normalized spacial score (nSPS) is 15.8. The predicted octanol–water partition coefficient (Wildman–Crippen LogP) is 0.404. The molecule has 1 N–H and O–H groups in total. The van der Waals surface area contributed by atoms with Crippen molar-refractivity contribution in [3.8, 4) is 5.88 Å². The highest BCUT2D eigenvalue weighted by Crippen LogP contribution is 2.29. The summed E-state index contributed by atoms with van der Waals surface area (Å²) in [5.41, 5.74) is 1.93. The van der Waals surface area contributed by atoms with Crippen LogP contribution in [-0.4, -0.2) is 52.5 Å². The van der Waals surface area contributed by atoms with E-state index in [4.69, 9.17) is 14.3 Å². The van der Waals surface area contributed by atoms with Gasteiger partial charge >= 0.3 is 5.97 Å². The van der Waals surface area contributed by atoms with Gasteiger partial charge in [0.05, 0.1) is 30.5 Å². The number of rotatable bonds is 8. The Hall–Kier alpha value is -2.24. The van der Waals surface area contributed by atoms with Gasteiger partial charge in [-0.3, -0.25) is 0 Å². The molecule has 0 bridgehead atoms. The predicted molar refractivity (Wildman–Crippen MR) is 99.5 cm³/mol. The number of morpholine rings is 1. The van der Waals surface area contributed by atoms with E-state index in [-0.39, 0.29) is 17.9 Å². The minimum atomic E-state index is -1.63. The van der Waals surface area contributed by atoms with Crippen LogP contribution in [0.3, 0.4) is 0 Å². The fourth-order valence-electron chi connectivity index (χ4n) is 2.35. The number of aliphatic carboxylic acids is 1. The second kappa shape index (κ2) is 9.80. The Morgan fingerprint density at radius 3 is 2.54 bits per heavy atom. The fourth-order valence-corrected chi connectivity index (χ4v) is 2.86. The second-order valence-corrected chi connectivity index (χ2v) is 7.71. The van der Waals surface area contributed by atoms with Gasteiger partial charge in [-0.15, -0.1) is 9.85 Å². The zero-order chi connectivity index (χ0) is 20.7. The van der Waals surface area contributed by atoms with Crippen LogP contribution >= 0.6 is 11.7 Å². The van der Waals surface area contributed by atoms with E-state index in [2.05, 4.69) is 14.2 Å². The van der Waals surface area contributed by atoms with Gasteiger partial charge in [-0.2, -0.15) is 4.37 Å². The molecule has 0 aromatic carbocycles. The maximum absolute atomic E-state index is 12.5. The summed E-state index contributed by atoms with van der Waals surface area (Å²) in [6, 6.07) is 0. The molecule has 10 nitrogen and oxygen atoms in total. The Morgan fingerprint density at radius 1 is 1.29 bits per heavy atom. The molecule has 1 aliphatic rings. The van der Waals surface area contributed by atoms with Crippen molar-refractivity contribution in [2.45, 2.75) is 46.1 Å². The number of hydrogen-bond donors (Lipinski definition) is 1. The summed E-state index contributed by atoms with van der Waals surface area (Å²) < 4.78 is 19.0. The van der Waals surface area contributed by atoms with Crippen LogP contribution in [0.15, 0.2) is 11.3 Å². The van der Waals surface area contributed by atoms with E-state index in [9.17, 15) is 14.7 Å². The number of nitrogens with one attached hydrogen (secondary N) is 1. The lowest BCUT2D eigenvalue weighted by molar-refractivity contribution is -0.302. The fraction of sp³-hybridized carbons (Fsp3) is 0.647. The molecule has 0 spiro atoms. The zero-order valence-corrected chi connectivity index (χ0v) is 17.3. The zero-order valence-electron chi connectivity index (χ0n) is 16.4. The molecule has 1 fully saturated rings. The highest BCUT2D eigenvalue weighted by molar-refractivity contribution is 6.99. The lowest BCUT2D eigenvalue weighted by Gasteiger charge is -2.27. The van der Waals surface area contributed by atoms with Crippen molar-refractivity contribution < 1.29 is 29.0 Å². The summed E-state index contributed by atoms with van der Waals surface area (Å²) in [6.07, 6.45) is 0.643. The van der Waals surface area contributed by atoms with E-state index < -0.39 is 23.2 Å². The van der Waals surface area contributed by atoms with Gasteiger partial charge in [0.2, 0.25) is 5.82 Å². The number of aromatic nitrogens is 2. The number of carboxylic acid groups (broad SMARTS) is 1. The smallest absolute Gasteiger partial charge is 0.356 e. The summed E-state index contributed by atoms with van der Waals surface area (Å²) >= 11 is 0.889. The van der Waals surface area contributed by atoms with Crippen molar-refractivity contribution in [3.63, 3.8) is 0 Å². The van der Waals surface area contributed by atoms with Crippen molar-refractivity contribution in [1.29, 1.82) is 0 Å². The molecule has 2 rings (SSSR count). The number of nitrogens with zero attached hydrogens (tertiary/aromatic N) is 3. The molecular formula is C17H25N4O6S-. The van der Waals surface area contributed by atoms with Gasteiger partial charge < -0.3 is 29.1 Å². The van der Waals surface area contributed by atoms with Crippen LogP contribution in [0.4, 0.5) is 5.82 Å². The van der Waals surface area contributed by atoms with E-state index in [1.165, 1.54) is 0 Å². The van der Waals surface area contributed by atoms with Crippen LogP contribution < -0.4 is 20.2 Å². The van der Waals surface area contributed by atoms with Crippen LogP contribution in [0, 0.1) is 0 Å². The third kappa shape index (κ3) is 6.14. The summed E-state index contributed by atoms with van der Waals surface area (Å²) in [7, 11) is 0. The minimum absolute atomic E-state index is 0.0104. The van der Waals surface area contributed by atoms with Crippen molar-refractivity contribution in [1.82, 2.24) is 14.2 Å². The van der Waals surface area contributed by atoms with E-state index in [0.29, 0.717) is 38.5 Å². The Bertz CT molecular complexity index is 721. The molecule has 0 radical (unpaired) electrons. The van der Waals surface area contributed by atoms with Crippen molar-refractivity contribution in [2.75, 3.05) is 31.2 Å². The molecule has 0 aliphatic carbocycles. The Balaban J connectivity index is 2.29. The first-order valence-electron chi connectivity index (χ1n) is 8.99. The SMILES string of the molecule is CCC/C(C(=O)ONC(C)(C)C)=C(\Oc1nsnc1N1CCOCC1)C(=O)[O-]. The molecule has 0 unspecified atom stereocenters. The number of ether oxygens (including phenoxy) is 2. The van der Waals surface area contributed by atoms with E-state index in [1.807, 2.05) is 4.90 Å². The summed E-state index contributed by atoms with van der Waals surface area (Å²) in [5, 5.41) is 11.7. The quantitative estimate of drug-likeness (QED) is 0.364. The van der Waals surface area contributed by atoms with Crippen LogP contribution in [0.1, 0.15) is 40.5 Å². The molecule has 1 aromatic rings. The highest BCUT2D eigenvalue weighted by Gasteiger charge is 2.26. The monoisotopic (exact) mass is 413 g/mol. The molecule has 1 saturated heterocycles. The van der Waals surface area contributed by atoms with E-state index in [1.54, 1.807) is 27.7 Å². The average Bonchev–Trinajstić information content (AvgIpc) is 3.11. The average molecular weight is 413 g/mol. The Labute approximate surface area is 167 Å². The molecule has 1 aromatic heterocycles. The molecule has 0 atom stereocenters. The van der Waals surface area contributed by atoms with Crippen molar-refractivity contribution >= 4 is 29.5 Å². The van der Waals surface area contributed by atoms with Gasteiger partial charge in [-0.25, -0.2) is 4.79 Å². The first-order chi connectivity index (χ1) is 13.2. The first kappa shape index (κ1) is 22.1. The van der Waals surface area contributed by atoms with Gasteiger partial charge in [0.15, 0.2) is 5.76 Å². The second-order valence-electron chi connectivity index (χ2n) is 7.18. The number of carbonyl (C=O) groups excluding carboxylic acids is 2. The van der Waals surface area contributed by atoms with Gasteiger partial charge in [0, 0.05) is 18.6 Å². The topological polar surface area (TPSA) is 126 Å². The molecule has 0 saturated carbocycles. The standard InChI is InChI=1S/C17H26N4O6S/c1-5-6-11(16(24)27-20-17(2,3)4)12(15(22)23)26-14-13(18-28-19-14)21-7-9-25-10-8-21/h20H,5-10H2,1-4H3,(H,22,23)/p-1/b12-11+. The molecule has 2 heterocycles. The summed E-state index contributed by atoms with van der Waals surface area (Å²) in [6.45, 7) is 9.40. The molecular weight excluding hydrogens is 388 g/mol. The maximum atomic E-state index is 12.5. The minimum Gasteiger partial charge on any atom is -0.542 e.